The number of amides is 3. The van der Waals surface area contributed by atoms with E-state index in [1.165, 1.54) is 35.2 Å². The molecule has 7 heteroatoms. The lowest BCUT2D eigenvalue weighted by molar-refractivity contribution is -0.255. The van der Waals surface area contributed by atoms with Gasteiger partial charge in [0.15, 0.2) is 0 Å². The van der Waals surface area contributed by atoms with Crippen LogP contribution in [0.2, 0.25) is 0 Å². The van der Waals surface area contributed by atoms with E-state index in [-0.39, 0.29) is 28.2 Å². The predicted molar refractivity (Wildman–Crippen MR) is 105 cm³/mol. The Morgan fingerprint density at radius 3 is 2.31 bits per heavy atom. The summed E-state index contributed by atoms with van der Waals surface area (Å²) in [4.78, 5) is 50.0. The number of carboxylic acid groups (broad SMARTS) is 1. The molecule has 150 valence electrons. The van der Waals surface area contributed by atoms with Crippen LogP contribution >= 0.6 is 0 Å². The Bertz CT molecular complexity index is 1030. The van der Waals surface area contributed by atoms with Gasteiger partial charge in [0.1, 0.15) is 0 Å². The molecule has 3 rings (SSSR count). The van der Waals surface area contributed by atoms with Gasteiger partial charge in [-0.1, -0.05) is 26.0 Å². The van der Waals surface area contributed by atoms with Crippen molar-refractivity contribution in [3.63, 3.8) is 0 Å². The fourth-order valence-corrected chi connectivity index (χ4v) is 3.10. The van der Waals surface area contributed by atoms with E-state index < -0.39 is 17.8 Å². The molecular weight excluding hydrogens is 372 g/mol. The summed E-state index contributed by atoms with van der Waals surface area (Å²) in [6.07, 6.45) is 0.701. The van der Waals surface area contributed by atoms with E-state index >= 15 is 0 Å². The van der Waals surface area contributed by atoms with Gasteiger partial charge in [-0.15, -0.1) is 0 Å². The Hall–Kier alpha value is -3.48. The van der Waals surface area contributed by atoms with Crippen molar-refractivity contribution >= 4 is 29.4 Å². The number of imide groups is 1. The van der Waals surface area contributed by atoms with Gasteiger partial charge in [-0.2, -0.15) is 0 Å². The van der Waals surface area contributed by atoms with Crippen LogP contribution in [0.15, 0.2) is 36.4 Å². The quantitative estimate of drug-likeness (QED) is 0.758. The third kappa shape index (κ3) is 4.03. The molecule has 2 aromatic carbocycles. The standard InChI is InChI=1S/C22H22N2O5/c1-12(2)8-9-24-20(26)16-7-6-14(10-17(16)21(24)27)19(25)23-18-11-15(22(28)29)5-4-13(18)3/h4-7,10-12H,8-9H2,1-3H3,(H,23,25)(H,28,29)/p-1. The first-order valence-corrected chi connectivity index (χ1v) is 9.32. The van der Waals surface area contributed by atoms with Crippen LogP contribution in [-0.2, 0) is 0 Å². The number of aryl methyl sites for hydroxylation is 1. The Morgan fingerprint density at radius 2 is 1.66 bits per heavy atom. The number of anilines is 1. The highest BCUT2D eigenvalue weighted by Gasteiger charge is 2.35. The van der Waals surface area contributed by atoms with Crippen LogP contribution in [0.25, 0.3) is 0 Å². The number of nitrogens with one attached hydrogen (secondary N) is 1. The van der Waals surface area contributed by atoms with Crippen LogP contribution in [0, 0.1) is 12.8 Å². The Kier molecular flexibility index (Phi) is 5.50. The van der Waals surface area contributed by atoms with Gasteiger partial charge in [-0.05, 0) is 54.7 Å². The second-order valence-corrected chi connectivity index (χ2v) is 7.48. The molecule has 0 bridgehead atoms. The summed E-state index contributed by atoms with van der Waals surface area (Å²) < 4.78 is 0. The fraction of sp³-hybridized carbons (Fsp3) is 0.273. The normalized spacial score (nSPS) is 13.0. The lowest BCUT2D eigenvalue weighted by atomic mass is 10.0. The molecular formula is C22H21N2O5-. The number of carboxylic acids is 1. The maximum absolute atomic E-state index is 12.6. The molecule has 1 heterocycles. The lowest BCUT2D eigenvalue weighted by Crippen LogP contribution is -2.31. The van der Waals surface area contributed by atoms with Crippen LogP contribution in [0.4, 0.5) is 5.69 Å². The first-order chi connectivity index (χ1) is 13.7. The van der Waals surface area contributed by atoms with Gasteiger partial charge in [-0.25, -0.2) is 0 Å². The van der Waals surface area contributed by atoms with Crippen molar-refractivity contribution in [2.45, 2.75) is 27.2 Å². The van der Waals surface area contributed by atoms with E-state index in [0.717, 1.165) is 0 Å². The van der Waals surface area contributed by atoms with Crippen molar-refractivity contribution < 1.29 is 24.3 Å². The maximum Gasteiger partial charge on any atom is 0.261 e. The highest BCUT2D eigenvalue weighted by Crippen LogP contribution is 2.25. The molecule has 7 nitrogen and oxygen atoms in total. The summed E-state index contributed by atoms with van der Waals surface area (Å²) >= 11 is 0. The molecule has 2 aromatic rings. The van der Waals surface area contributed by atoms with E-state index in [1.54, 1.807) is 13.0 Å². The topological polar surface area (TPSA) is 107 Å². The summed E-state index contributed by atoms with van der Waals surface area (Å²) in [5.41, 5.74) is 1.64. The molecule has 1 aliphatic rings. The molecule has 0 radical (unpaired) electrons. The van der Waals surface area contributed by atoms with Crippen LogP contribution in [0.5, 0.6) is 0 Å². The molecule has 0 fully saturated rings. The number of fused-ring (bicyclic) bond motifs is 1. The van der Waals surface area contributed by atoms with E-state index in [4.69, 9.17) is 0 Å². The molecule has 0 atom stereocenters. The molecule has 0 spiro atoms. The number of carbonyl (C=O) groups excluding carboxylic acids is 4. The second kappa shape index (κ2) is 7.87. The van der Waals surface area contributed by atoms with Gasteiger partial charge in [-0.3, -0.25) is 19.3 Å². The fourth-order valence-electron chi connectivity index (χ4n) is 3.10. The third-order valence-corrected chi connectivity index (χ3v) is 4.88. The summed E-state index contributed by atoms with van der Waals surface area (Å²) in [5, 5.41) is 13.7. The van der Waals surface area contributed by atoms with Crippen molar-refractivity contribution in [2.75, 3.05) is 11.9 Å². The van der Waals surface area contributed by atoms with Gasteiger partial charge >= 0.3 is 0 Å². The average Bonchev–Trinajstić information content (AvgIpc) is 2.91. The minimum atomic E-state index is -1.34. The van der Waals surface area contributed by atoms with E-state index in [2.05, 4.69) is 5.32 Å². The Labute approximate surface area is 168 Å². The summed E-state index contributed by atoms with van der Waals surface area (Å²) in [6, 6.07) is 8.63. The minimum absolute atomic E-state index is 0.0542. The van der Waals surface area contributed by atoms with Gasteiger partial charge < -0.3 is 15.2 Å². The molecule has 29 heavy (non-hydrogen) atoms. The average molecular weight is 393 g/mol. The maximum atomic E-state index is 12.6. The van der Waals surface area contributed by atoms with Gasteiger partial charge in [0.05, 0.1) is 17.1 Å². The summed E-state index contributed by atoms with van der Waals surface area (Å²) in [5.74, 6) is -2.26. The van der Waals surface area contributed by atoms with Crippen LogP contribution in [-0.4, -0.2) is 35.1 Å². The summed E-state index contributed by atoms with van der Waals surface area (Å²) in [6.45, 7) is 6.09. The van der Waals surface area contributed by atoms with Crippen molar-refractivity contribution in [3.8, 4) is 0 Å². The van der Waals surface area contributed by atoms with Crippen molar-refractivity contribution in [1.82, 2.24) is 4.90 Å². The number of benzene rings is 2. The van der Waals surface area contributed by atoms with Crippen molar-refractivity contribution in [2.24, 2.45) is 5.92 Å². The lowest BCUT2D eigenvalue weighted by Gasteiger charge is -2.14. The number of rotatable bonds is 6. The van der Waals surface area contributed by atoms with Crippen LogP contribution < -0.4 is 10.4 Å². The molecule has 0 aliphatic carbocycles. The smallest absolute Gasteiger partial charge is 0.261 e. The molecule has 0 saturated carbocycles. The Balaban J connectivity index is 1.84. The molecule has 1 aliphatic heterocycles. The highest BCUT2D eigenvalue weighted by molar-refractivity contribution is 6.22. The zero-order valence-corrected chi connectivity index (χ0v) is 16.4. The molecule has 0 unspecified atom stereocenters. The zero-order valence-electron chi connectivity index (χ0n) is 16.4. The molecule has 3 amide bonds. The van der Waals surface area contributed by atoms with Crippen LogP contribution in [0.3, 0.4) is 0 Å². The van der Waals surface area contributed by atoms with Gasteiger partial charge in [0.2, 0.25) is 0 Å². The molecule has 1 N–H and O–H groups in total. The summed E-state index contributed by atoms with van der Waals surface area (Å²) in [7, 11) is 0. The van der Waals surface area contributed by atoms with E-state index in [1.807, 2.05) is 13.8 Å². The number of hydrogen-bond donors (Lipinski definition) is 1. The first-order valence-electron chi connectivity index (χ1n) is 9.32. The highest BCUT2D eigenvalue weighted by atomic mass is 16.4. The van der Waals surface area contributed by atoms with E-state index in [0.29, 0.717) is 30.1 Å². The zero-order chi connectivity index (χ0) is 21.3. The van der Waals surface area contributed by atoms with Crippen molar-refractivity contribution in [1.29, 1.82) is 0 Å². The minimum Gasteiger partial charge on any atom is -0.545 e. The predicted octanol–water partition coefficient (Wildman–Crippen LogP) is 2.25. The monoisotopic (exact) mass is 393 g/mol. The number of hydrogen-bond acceptors (Lipinski definition) is 5. The third-order valence-electron chi connectivity index (χ3n) is 4.88. The Morgan fingerprint density at radius 1 is 1.00 bits per heavy atom. The SMILES string of the molecule is Cc1ccc(C(=O)[O-])cc1NC(=O)c1ccc2c(c1)C(=O)N(CCC(C)C)C2=O. The van der Waals surface area contributed by atoms with Gasteiger partial charge in [0, 0.05) is 17.8 Å². The van der Waals surface area contributed by atoms with Gasteiger partial charge in [0.25, 0.3) is 17.7 Å². The number of nitrogens with zero attached hydrogens (tertiary/aromatic N) is 1. The molecule has 0 aromatic heterocycles. The molecule has 0 saturated heterocycles. The largest absolute Gasteiger partial charge is 0.545 e. The van der Waals surface area contributed by atoms with E-state index in [9.17, 15) is 24.3 Å². The van der Waals surface area contributed by atoms with Crippen LogP contribution in [0.1, 0.15) is 67.3 Å². The van der Waals surface area contributed by atoms with Crippen molar-refractivity contribution in [3.05, 3.63) is 64.2 Å². The number of carbonyl (C=O) groups is 4. The number of aromatic carboxylic acids is 1. The first kappa shape index (κ1) is 20.3. The second-order valence-electron chi connectivity index (χ2n) is 7.48.